The lowest BCUT2D eigenvalue weighted by molar-refractivity contribution is 0.195. The van der Waals surface area contributed by atoms with Crippen molar-refractivity contribution in [1.82, 2.24) is 5.32 Å². The zero-order chi connectivity index (χ0) is 12.2. The molecule has 0 saturated heterocycles. The molecule has 0 radical (unpaired) electrons. The molecule has 0 aliphatic carbocycles. The third-order valence-electron chi connectivity index (χ3n) is 2.44. The highest BCUT2D eigenvalue weighted by Crippen LogP contribution is 2.20. The van der Waals surface area contributed by atoms with E-state index in [1.807, 2.05) is 19.1 Å². The Morgan fingerprint density at radius 2 is 2.06 bits per heavy atom. The normalized spacial score (nSPS) is 14.1. The number of nitrogens with one attached hydrogen (secondary N) is 1. The minimum absolute atomic E-state index is 0.130. The molecule has 1 aromatic rings. The monoisotopic (exact) mass is 225 g/mol. The van der Waals surface area contributed by atoms with Gasteiger partial charge in [-0.2, -0.15) is 0 Å². The van der Waals surface area contributed by atoms with Gasteiger partial charge in [0.1, 0.15) is 11.5 Å². The average molecular weight is 225 g/mol. The molecule has 3 heteroatoms. The van der Waals surface area contributed by atoms with Crippen LogP contribution in [0.25, 0.3) is 0 Å². The highest BCUT2D eigenvalue weighted by molar-refractivity contribution is 5.05. The van der Waals surface area contributed by atoms with Crippen LogP contribution in [0.1, 0.15) is 38.7 Å². The minimum Gasteiger partial charge on any atom is -0.465 e. The predicted octanol–water partition coefficient (Wildman–Crippen LogP) is 2.47. The second-order valence-corrected chi connectivity index (χ2v) is 5.54. The summed E-state index contributed by atoms with van der Waals surface area (Å²) in [5, 5.41) is 12.6. The van der Waals surface area contributed by atoms with E-state index < -0.39 is 0 Å². The van der Waals surface area contributed by atoms with Gasteiger partial charge in [0.15, 0.2) is 0 Å². The van der Waals surface area contributed by atoms with Crippen molar-refractivity contribution in [2.75, 3.05) is 6.61 Å². The quantitative estimate of drug-likeness (QED) is 0.809. The van der Waals surface area contributed by atoms with Crippen molar-refractivity contribution in [2.24, 2.45) is 5.41 Å². The molecule has 1 heterocycles. The number of rotatable bonds is 5. The molecule has 92 valence electrons. The molecule has 0 aromatic carbocycles. The Morgan fingerprint density at radius 3 is 2.50 bits per heavy atom. The Labute approximate surface area is 97.9 Å². The summed E-state index contributed by atoms with van der Waals surface area (Å²) in [5.74, 6) is 1.85. The third-order valence-corrected chi connectivity index (χ3v) is 2.44. The fraction of sp³-hybridized carbons (Fsp3) is 0.692. The van der Waals surface area contributed by atoms with Crippen molar-refractivity contribution >= 4 is 0 Å². The number of aliphatic hydroxyl groups excluding tert-OH is 1. The summed E-state index contributed by atoms with van der Waals surface area (Å²) in [5.41, 5.74) is 0.222. The molecular weight excluding hydrogens is 202 g/mol. The summed E-state index contributed by atoms with van der Waals surface area (Å²) in [6.45, 7) is 9.30. The minimum atomic E-state index is 0.130. The molecule has 0 bridgehead atoms. The number of hydrogen-bond acceptors (Lipinski definition) is 3. The molecule has 1 unspecified atom stereocenters. The van der Waals surface area contributed by atoms with Gasteiger partial charge < -0.3 is 14.8 Å². The first-order chi connectivity index (χ1) is 7.40. The molecule has 0 amide bonds. The molecule has 2 N–H and O–H groups in total. The second-order valence-electron chi connectivity index (χ2n) is 5.54. The van der Waals surface area contributed by atoms with Crippen LogP contribution in [0, 0.1) is 12.3 Å². The van der Waals surface area contributed by atoms with E-state index in [-0.39, 0.29) is 18.1 Å². The van der Waals surface area contributed by atoms with Gasteiger partial charge in [0.2, 0.25) is 0 Å². The molecule has 0 fully saturated rings. The largest absolute Gasteiger partial charge is 0.465 e. The Hall–Kier alpha value is -0.800. The smallest absolute Gasteiger partial charge is 0.117 e. The van der Waals surface area contributed by atoms with Gasteiger partial charge in [0.05, 0.1) is 13.2 Å². The van der Waals surface area contributed by atoms with E-state index in [1.165, 1.54) is 0 Å². The predicted molar refractivity (Wildman–Crippen MR) is 65.2 cm³/mol. The average Bonchev–Trinajstić information content (AvgIpc) is 2.57. The van der Waals surface area contributed by atoms with Crippen LogP contribution in [0.3, 0.4) is 0 Å². The van der Waals surface area contributed by atoms with Crippen molar-refractivity contribution in [3.8, 4) is 0 Å². The molecule has 3 nitrogen and oxygen atoms in total. The maximum atomic E-state index is 9.28. The summed E-state index contributed by atoms with van der Waals surface area (Å²) in [7, 11) is 0. The van der Waals surface area contributed by atoms with Crippen LogP contribution in [0.15, 0.2) is 16.5 Å². The summed E-state index contributed by atoms with van der Waals surface area (Å²) in [4.78, 5) is 0. The van der Waals surface area contributed by atoms with Crippen LogP contribution >= 0.6 is 0 Å². The van der Waals surface area contributed by atoms with E-state index in [0.717, 1.165) is 17.9 Å². The lowest BCUT2D eigenvalue weighted by Crippen LogP contribution is -2.35. The van der Waals surface area contributed by atoms with Crippen LogP contribution in [-0.4, -0.2) is 17.8 Å². The zero-order valence-electron chi connectivity index (χ0n) is 10.7. The van der Waals surface area contributed by atoms with E-state index in [2.05, 4.69) is 26.1 Å². The summed E-state index contributed by atoms with van der Waals surface area (Å²) in [6.07, 6.45) is 0.948. The fourth-order valence-corrected chi connectivity index (χ4v) is 1.77. The van der Waals surface area contributed by atoms with E-state index in [4.69, 9.17) is 4.42 Å². The molecule has 1 aromatic heterocycles. The highest BCUT2D eigenvalue weighted by atomic mass is 16.3. The van der Waals surface area contributed by atoms with Gasteiger partial charge in [-0.25, -0.2) is 0 Å². The van der Waals surface area contributed by atoms with E-state index in [0.29, 0.717) is 6.54 Å². The van der Waals surface area contributed by atoms with Crippen LogP contribution in [0.4, 0.5) is 0 Å². The molecular formula is C13H23NO2. The molecule has 0 aliphatic heterocycles. The van der Waals surface area contributed by atoms with Gasteiger partial charge in [0.25, 0.3) is 0 Å². The lowest BCUT2D eigenvalue weighted by atomic mass is 9.88. The van der Waals surface area contributed by atoms with Gasteiger partial charge >= 0.3 is 0 Å². The molecule has 0 spiro atoms. The summed E-state index contributed by atoms with van der Waals surface area (Å²) < 4.78 is 5.46. The van der Waals surface area contributed by atoms with Gasteiger partial charge in [-0.05, 0) is 30.9 Å². The summed E-state index contributed by atoms with van der Waals surface area (Å²) >= 11 is 0. The number of furan rings is 1. The zero-order valence-corrected chi connectivity index (χ0v) is 10.7. The third kappa shape index (κ3) is 4.81. The number of aliphatic hydroxyl groups is 1. The van der Waals surface area contributed by atoms with Gasteiger partial charge in [-0.3, -0.25) is 0 Å². The molecule has 16 heavy (non-hydrogen) atoms. The van der Waals surface area contributed by atoms with Crippen LogP contribution in [0.2, 0.25) is 0 Å². The van der Waals surface area contributed by atoms with Crippen LogP contribution < -0.4 is 5.32 Å². The van der Waals surface area contributed by atoms with Crippen molar-refractivity contribution < 1.29 is 9.52 Å². The number of hydrogen-bond donors (Lipinski definition) is 2. The van der Waals surface area contributed by atoms with E-state index in [1.54, 1.807) is 0 Å². The Bertz CT molecular complexity index is 312. The first-order valence-electron chi connectivity index (χ1n) is 5.80. The SMILES string of the molecule is Cc1ccc(CNC(CO)CC(C)(C)C)o1. The Morgan fingerprint density at radius 1 is 1.38 bits per heavy atom. The Balaban J connectivity index is 2.40. The first kappa shape index (κ1) is 13.3. The second kappa shape index (κ2) is 5.51. The maximum absolute atomic E-state index is 9.28. The lowest BCUT2D eigenvalue weighted by Gasteiger charge is -2.25. The molecule has 0 aliphatic rings. The van der Waals surface area contributed by atoms with Gasteiger partial charge in [-0.15, -0.1) is 0 Å². The standard InChI is InChI=1S/C13H23NO2/c1-10-5-6-12(16-10)8-14-11(9-15)7-13(2,3)4/h5-6,11,14-15H,7-9H2,1-4H3. The van der Waals surface area contributed by atoms with Crippen molar-refractivity contribution in [2.45, 2.75) is 46.7 Å². The summed E-state index contributed by atoms with van der Waals surface area (Å²) in [6, 6.07) is 4.05. The fourth-order valence-electron chi connectivity index (χ4n) is 1.77. The Kier molecular flexibility index (Phi) is 4.56. The number of aryl methyl sites for hydroxylation is 1. The van der Waals surface area contributed by atoms with Crippen molar-refractivity contribution in [3.63, 3.8) is 0 Å². The van der Waals surface area contributed by atoms with E-state index in [9.17, 15) is 5.11 Å². The van der Waals surface area contributed by atoms with Gasteiger partial charge in [-0.1, -0.05) is 20.8 Å². The molecule has 1 atom stereocenters. The van der Waals surface area contributed by atoms with Crippen molar-refractivity contribution in [1.29, 1.82) is 0 Å². The van der Waals surface area contributed by atoms with Gasteiger partial charge in [0, 0.05) is 6.04 Å². The molecule has 1 rings (SSSR count). The molecule has 0 saturated carbocycles. The maximum Gasteiger partial charge on any atom is 0.117 e. The topological polar surface area (TPSA) is 45.4 Å². The van der Waals surface area contributed by atoms with Crippen molar-refractivity contribution in [3.05, 3.63) is 23.7 Å². The first-order valence-corrected chi connectivity index (χ1v) is 5.80. The van der Waals surface area contributed by atoms with E-state index >= 15 is 0 Å². The van der Waals surface area contributed by atoms with Crippen LogP contribution in [0.5, 0.6) is 0 Å². The highest BCUT2D eigenvalue weighted by Gasteiger charge is 2.17. The van der Waals surface area contributed by atoms with Crippen LogP contribution in [-0.2, 0) is 6.54 Å².